The highest BCUT2D eigenvalue weighted by atomic mass is 35.5. The minimum atomic E-state index is 0.364. The van der Waals surface area contributed by atoms with Crippen molar-refractivity contribution in [1.82, 2.24) is 0 Å². The second kappa shape index (κ2) is 5.30. The van der Waals surface area contributed by atoms with Crippen molar-refractivity contribution >= 4 is 28.9 Å². The Labute approximate surface area is 110 Å². The van der Waals surface area contributed by atoms with E-state index in [-0.39, 0.29) is 0 Å². The summed E-state index contributed by atoms with van der Waals surface area (Å²) in [7, 11) is 0. The van der Waals surface area contributed by atoms with Gasteiger partial charge in [0.25, 0.3) is 0 Å². The van der Waals surface area contributed by atoms with E-state index in [1.807, 2.05) is 24.3 Å². The molecule has 0 saturated heterocycles. The van der Waals surface area contributed by atoms with Crippen molar-refractivity contribution in [2.24, 2.45) is 0 Å². The molecular formula is C13H11Cl2NO. The minimum absolute atomic E-state index is 0.364. The Morgan fingerprint density at radius 1 is 1.00 bits per heavy atom. The Kier molecular flexibility index (Phi) is 3.77. The quantitative estimate of drug-likeness (QED) is 0.848. The molecule has 0 atom stereocenters. The van der Waals surface area contributed by atoms with Gasteiger partial charge in [0.05, 0.1) is 5.02 Å². The second-order valence-electron chi connectivity index (χ2n) is 3.57. The number of nitrogens with two attached hydrogens (primary N) is 1. The average molecular weight is 268 g/mol. The average Bonchev–Trinajstić information content (AvgIpc) is 2.30. The molecule has 17 heavy (non-hydrogen) atoms. The van der Waals surface area contributed by atoms with Crippen molar-refractivity contribution < 1.29 is 4.74 Å². The summed E-state index contributed by atoms with van der Waals surface area (Å²) in [6.45, 7) is 0.364. The molecule has 2 aromatic rings. The molecule has 2 nitrogen and oxygen atoms in total. The van der Waals surface area contributed by atoms with Crippen molar-refractivity contribution in [3.63, 3.8) is 0 Å². The van der Waals surface area contributed by atoms with Crippen LogP contribution in [0.3, 0.4) is 0 Å². The summed E-state index contributed by atoms with van der Waals surface area (Å²) in [6.07, 6.45) is 0. The van der Waals surface area contributed by atoms with Crippen LogP contribution in [0.2, 0.25) is 10.0 Å². The molecule has 88 valence electrons. The molecule has 2 rings (SSSR count). The maximum absolute atomic E-state index is 6.04. The molecule has 0 amide bonds. The predicted octanol–water partition coefficient (Wildman–Crippen LogP) is 4.15. The van der Waals surface area contributed by atoms with Gasteiger partial charge in [-0.2, -0.15) is 0 Å². The summed E-state index contributed by atoms with van der Waals surface area (Å²) in [5, 5.41) is 1.18. The van der Waals surface area contributed by atoms with E-state index in [0.29, 0.717) is 28.1 Å². The molecule has 0 spiro atoms. The summed E-state index contributed by atoms with van der Waals surface area (Å²) >= 11 is 12.0. The topological polar surface area (TPSA) is 35.2 Å². The normalized spacial score (nSPS) is 10.2. The van der Waals surface area contributed by atoms with Crippen LogP contribution in [0, 0.1) is 0 Å². The Bertz CT molecular complexity index is 529. The van der Waals surface area contributed by atoms with Crippen LogP contribution >= 0.6 is 23.2 Å². The smallest absolute Gasteiger partial charge is 0.138 e. The lowest BCUT2D eigenvalue weighted by atomic mass is 10.2. The number of benzene rings is 2. The maximum atomic E-state index is 6.04. The number of hydrogen-bond acceptors (Lipinski definition) is 2. The predicted molar refractivity (Wildman–Crippen MR) is 71.6 cm³/mol. The molecule has 2 N–H and O–H groups in total. The first-order valence-electron chi connectivity index (χ1n) is 5.08. The first-order valence-corrected chi connectivity index (χ1v) is 5.83. The monoisotopic (exact) mass is 267 g/mol. The molecule has 0 saturated carbocycles. The first kappa shape index (κ1) is 12.1. The number of para-hydroxylation sites is 1. The second-order valence-corrected chi connectivity index (χ2v) is 4.38. The lowest BCUT2D eigenvalue weighted by molar-refractivity contribution is 0.306. The Balaban J connectivity index is 2.10. The van der Waals surface area contributed by atoms with Crippen LogP contribution in [-0.4, -0.2) is 0 Å². The van der Waals surface area contributed by atoms with Gasteiger partial charge >= 0.3 is 0 Å². The van der Waals surface area contributed by atoms with E-state index < -0.39 is 0 Å². The van der Waals surface area contributed by atoms with E-state index in [1.54, 1.807) is 18.2 Å². The van der Waals surface area contributed by atoms with Crippen molar-refractivity contribution in [1.29, 1.82) is 0 Å². The van der Waals surface area contributed by atoms with E-state index in [1.165, 1.54) is 0 Å². The number of halogens is 2. The van der Waals surface area contributed by atoms with Crippen LogP contribution in [0.5, 0.6) is 5.75 Å². The number of ether oxygens (including phenoxy) is 1. The van der Waals surface area contributed by atoms with Gasteiger partial charge in [0.1, 0.15) is 12.4 Å². The Morgan fingerprint density at radius 2 is 1.76 bits per heavy atom. The molecule has 0 aliphatic carbocycles. The van der Waals surface area contributed by atoms with E-state index in [2.05, 4.69) is 0 Å². The summed E-state index contributed by atoms with van der Waals surface area (Å²) in [6, 6.07) is 12.6. The minimum Gasteiger partial charge on any atom is -0.487 e. The van der Waals surface area contributed by atoms with E-state index >= 15 is 0 Å². The molecule has 0 unspecified atom stereocenters. The molecule has 0 aliphatic heterocycles. The highest BCUT2D eigenvalue weighted by Gasteiger charge is 2.04. The number of rotatable bonds is 3. The zero-order valence-electron chi connectivity index (χ0n) is 8.99. The van der Waals surface area contributed by atoms with Crippen LogP contribution < -0.4 is 10.5 Å². The van der Waals surface area contributed by atoms with Crippen LogP contribution in [0.15, 0.2) is 42.5 Å². The third-order valence-electron chi connectivity index (χ3n) is 2.30. The first-order chi connectivity index (χ1) is 8.16. The molecule has 0 fully saturated rings. The van der Waals surface area contributed by atoms with Gasteiger partial charge in [-0.3, -0.25) is 0 Å². The number of nitrogen functional groups attached to an aromatic ring is 1. The van der Waals surface area contributed by atoms with E-state index in [0.717, 1.165) is 5.56 Å². The molecular weight excluding hydrogens is 257 g/mol. The van der Waals surface area contributed by atoms with Gasteiger partial charge in [0.15, 0.2) is 0 Å². The van der Waals surface area contributed by atoms with Gasteiger partial charge in [0, 0.05) is 16.3 Å². The fourth-order valence-electron chi connectivity index (χ4n) is 1.40. The number of hydrogen-bond donors (Lipinski definition) is 1. The molecule has 2 aromatic carbocycles. The van der Waals surface area contributed by atoms with Gasteiger partial charge in [-0.15, -0.1) is 0 Å². The van der Waals surface area contributed by atoms with Gasteiger partial charge in [0.2, 0.25) is 0 Å². The van der Waals surface area contributed by atoms with Crippen molar-refractivity contribution in [3.05, 3.63) is 58.1 Å². The van der Waals surface area contributed by atoms with Gasteiger partial charge in [-0.25, -0.2) is 0 Å². The third-order valence-corrected chi connectivity index (χ3v) is 2.96. The molecule has 0 radical (unpaired) electrons. The number of anilines is 1. The molecule has 0 aromatic heterocycles. The van der Waals surface area contributed by atoms with Gasteiger partial charge < -0.3 is 10.5 Å². The van der Waals surface area contributed by atoms with Gasteiger partial charge in [-0.1, -0.05) is 41.4 Å². The van der Waals surface area contributed by atoms with Crippen molar-refractivity contribution in [3.8, 4) is 5.75 Å². The summed E-state index contributed by atoms with van der Waals surface area (Å²) in [4.78, 5) is 0. The largest absolute Gasteiger partial charge is 0.487 e. The van der Waals surface area contributed by atoms with Crippen LogP contribution in [-0.2, 0) is 6.61 Å². The molecule has 0 heterocycles. The molecule has 4 heteroatoms. The Hall–Kier alpha value is -1.38. The summed E-state index contributed by atoms with van der Waals surface area (Å²) < 4.78 is 5.59. The summed E-state index contributed by atoms with van der Waals surface area (Å²) in [5.41, 5.74) is 7.12. The van der Waals surface area contributed by atoms with Gasteiger partial charge in [-0.05, 0) is 24.3 Å². The SMILES string of the molecule is Nc1ccc(COc2ccccc2Cl)c(Cl)c1. The van der Waals surface area contributed by atoms with Crippen molar-refractivity contribution in [2.75, 3.05) is 5.73 Å². The zero-order valence-corrected chi connectivity index (χ0v) is 10.5. The maximum Gasteiger partial charge on any atom is 0.138 e. The lowest BCUT2D eigenvalue weighted by Gasteiger charge is -2.09. The zero-order chi connectivity index (χ0) is 12.3. The Morgan fingerprint density at radius 3 is 2.47 bits per heavy atom. The van der Waals surface area contributed by atoms with Crippen molar-refractivity contribution in [2.45, 2.75) is 6.61 Å². The third kappa shape index (κ3) is 3.05. The summed E-state index contributed by atoms with van der Waals surface area (Å²) in [5.74, 6) is 0.641. The fraction of sp³-hybridized carbons (Fsp3) is 0.0769. The van der Waals surface area contributed by atoms with Crippen LogP contribution in [0.25, 0.3) is 0 Å². The fourth-order valence-corrected chi connectivity index (χ4v) is 1.83. The van der Waals surface area contributed by atoms with E-state index in [4.69, 9.17) is 33.7 Å². The molecule has 0 bridgehead atoms. The van der Waals surface area contributed by atoms with Crippen LogP contribution in [0.1, 0.15) is 5.56 Å². The highest BCUT2D eigenvalue weighted by Crippen LogP contribution is 2.26. The van der Waals surface area contributed by atoms with E-state index in [9.17, 15) is 0 Å². The highest BCUT2D eigenvalue weighted by molar-refractivity contribution is 6.32. The molecule has 0 aliphatic rings. The standard InChI is InChI=1S/C13H11Cl2NO/c14-11-3-1-2-4-13(11)17-8-9-5-6-10(16)7-12(9)15/h1-7H,8,16H2. The van der Waals surface area contributed by atoms with Crippen LogP contribution in [0.4, 0.5) is 5.69 Å². The lowest BCUT2D eigenvalue weighted by Crippen LogP contribution is -1.97.